The lowest BCUT2D eigenvalue weighted by molar-refractivity contribution is -0.142. The predicted octanol–water partition coefficient (Wildman–Crippen LogP) is 2.04. The van der Waals surface area contributed by atoms with Gasteiger partial charge in [-0.2, -0.15) is 0 Å². The second kappa shape index (κ2) is 8.13. The van der Waals surface area contributed by atoms with Crippen LogP contribution in [0.2, 0.25) is 0 Å². The molecule has 0 aromatic carbocycles. The first-order valence-corrected chi connectivity index (χ1v) is 6.03. The minimum Gasteiger partial charge on any atom is -0.481 e. The maximum Gasteiger partial charge on any atom is 0.308 e. The Hall–Kier alpha value is -1.06. The van der Waals surface area contributed by atoms with Crippen LogP contribution in [0.4, 0.5) is 0 Å². The molecular weight excluding hydrogens is 206 g/mol. The molecule has 4 heteroatoms. The zero-order chi connectivity index (χ0) is 12.6. The maximum absolute atomic E-state index is 11.6. The van der Waals surface area contributed by atoms with Crippen molar-refractivity contribution in [1.82, 2.24) is 5.32 Å². The molecule has 4 nitrogen and oxygen atoms in total. The molecule has 0 aromatic heterocycles. The molecule has 0 heterocycles. The van der Waals surface area contributed by atoms with Gasteiger partial charge in [0.2, 0.25) is 5.91 Å². The summed E-state index contributed by atoms with van der Waals surface area (Å²) in [6, 6.07) is 0. The Balaban J connectivity index is 4.00. The molecule has 0 aliphatic heterocycles. The van der Waals surface area contributed by atoms with Gasteiger partial charge in [-0.15, -0.1) is 0 Å². The van der Waals surface area contributed by atoms with Gasteiger partial charge in [-0.25, -0.2) is 0 Å². The molecule has 0 fully saturated rings. The molecule has 0 radical (unpaired) electrons. The second-order valence-corrected chi connectivity index (χ2v) is 4.26. The average molecular weight is 229 g/mol. The van der Waals surface area contributed by atoms with Crippen molar-refractivity contribution in [2.24, 2.45) is 11.8 Å². The SMILES string of the molecule is CCCC(C)C(=O)NCC(CCC)C(=O)O. The number of aliphatic carboxylic acids is 1. The van der Waals surface area contributed by atoms with E-state index in [4.69, 9.17) is 5.11 Å². The molecule has 16 heavy (non-hydrogen) atoms. The van der Waals surface area contributed by atoms with E-state index in [0.29, 0.717) is 6.42 Å². The Morgan fingerprint density at radius 3 is 2.19 bits per heavy atom. The lowest BCUT2D eigenvalue weighted by Crippen LogP contribution is -2.35. The summed E-state index contributed by atoms with van der Waals surface area (Å²) in [5.41, 5.74) is 0. The van der Waals surface area contributed by atoms with Crippen LogP contribution in [0, 0.1) is 11.8 Å². The van der Waals surface area contributed by atoms with Crippen LogP contribution < -0.4 is 5.32 Å². The minimum atomic E-state index is -0.828. The first-order valence-electron chi connectivity index (χ1n) is 6.03. The zero-order valence-electron chi connectivity index (χ0n) is 10.5. The number of carbonyl (C=O) groups excluding carboxylic acids is 1. The molecular formula is C12H23NO3. The molecule has 2 unspecified atom stereocenters. The first-order chi connectivity index (χ1) is 7.52. The smallest absolute Gasteiger partial charge is 0.308 e. The predicted molar refractivity (Wildman–Crippen MR) is 63.1 cm³/mol. The van der Waals surface area contributed by atoms with Crippen molar-refractivity contribution >= 4 is 11.9 Å². The Labute approximate surface area is 97.4 Å². The van der Waals surface area contributed by atoms with Crippen LogP contribution >= 0.6 is 0 Å². The molecule has 0 rings (SSSR count). The van der Waals surface area contributed by atoms with Gasteiger partial charge in [0.25, 0.3) is 0 Å². The fraction of sp³-hybridized carbons (Fsp3) is 0.833. The lowest BCUT2D eigenvalue weighted by Gasteiger charge is -2.15. The van der Waals surface area contributed by atoms with Gasteiger partial charge in [-0.1, -0.05) is 33.6 Å². The Morgan fingerprint density at radius 1 is 1.19 bits per heavy atom. The number of carbonyl (C=O) groups is 2. The van der Waals surface area contributed by atoms with E-state index >= 15 is 0 Å². The second-order valence-electron chi connectivity index (χ2n) is 4.26. The van der Waals surface area contributed by atoms with Crippen LogP contribution in [-0.4, -0.2) is 23.5 Å². The Bertz CT molecular complexity index is 228. The minimum absolute atomic E-state index is 0.0268. The number of carboxylic acid groups (broad SMARTS) is 1. The number of rotatable bonds is 8. The molecule has 0 spiro atoms. The van der Waals surface area contributed by atoms with Crippen molar-refractivity contribution in [3.8, 4) is 0 Å². The molecule has 94 valence electrons. The Kier molecular flexibility index (Phi) is 7.60. The third kappa shape index (κ3) is 5.73. The van der Waals surface area contributed by atoms with Gasteiger partial charge >= 0.3 is 5.97 Å². The highest BCUT2D eigenvalue weighted by molar-refractivity contribution is 5.79. The molecule has 0 saturated heterocycles. The van der Waals surface area contributed by atoms with Crippen LogP contribution in [0.3, 0.4) is 0 Å². The number of nitrogens with one attached hydrogen (secondary N) is 1. The average Bonchev–Trinajstić information content (AvgIpc) is 2.23. The number of amides is 1. The van der Waals surface area contributed by atoms with Gasteiger partial charge in [-0.05, 0) is 12.8 Å². The van der Waals surface area contributed by atoms with E-state index in [0.717, 1.165) is 19.3 Å². The van der Waals surface area contributed by atoms with Gasteiger partial charge < -0.3 is 10.4 Å². The summed E-state index contributed by atoms with van der Waals surface area (Å²) in [6.45, 7) is 6.09. The summed E-state index contributed by atoms with van der Waals surface area (Å²) >= 11 is 0. The van der Waals surface area contributed by atoms with E-state index in [2.05, 4.69) is 5.32 Å². The molecule has 0 bridgehead atoms. The van der Waals surface area contributed by atoms with Crippen LogP contribution in [0.25, 0.3) is 0 Å². The number of hydrogen-bond acceptors (Lipinski definition) is 2. The topological polar surface area (TPSA) is 66.4 Å². The van der Waals surface area contributed by atoms with E-state index in [-0.39, 0.29) is 18.4 Å². The highest BCUT2D eigenvalue weighted by atomic mass is 16.4. The van der Waals surface area contributed by atoms with Crippen molar-refractivity contribution in [3.63, 3.8) is 0 Å². The molecule has 2 atom stereocenters. The highest BCUT2D eigenvalue weighted by Gasteiger charge is 2.18. The molecule has 0 aliphatic carbocycles. The molecule has 0 aliphatic rings. The maximum atomic E-state index is 11.6. The summed E-state index contributed by atoms with van der Waals surface area (Å²) in [5, 5.41) is 11.6. The molecule has 0 aromatic rings. The van der Waals surface area contributed by atoms with Gasteiger partial charge in [0.15, 0.2) is 0 Å². The summed E-state index contributed by atoms with van der Waals surface area (Å²) in [5.74, 6) is -1.35. The van der Waals surface area contributed by atoms with Crippen molar-refractivity contribution in [3.05, 3.63) is 0 Å². The van der Waals surface area contributed by atoms with E-state index in [9.17, 15) is 9.59 Å². The number of hydrogen-bond donors (Lipinski definition) is 2. The van der Waals surface area contributed by atoms with Crippen molar-refractivity contribution in [2.75, 3.05) is 6.54 Å². The van der Waals surface area contributed by atoms with Crippen LogP contribution in [0.15, 0.2) is 0 Å². The van der Waals surface area contributed by atoms with E-state index in [1.54, 1.807) is 0 Å². The van der Waals surface area contributed by atoms with Gasteiger partial charge in [0, 0.05) is 12.5 Å². The largest absolute Gasteiger partial charge is 0.481 e. The zero-order valence-corrected chi connectivity index (χ0v) is 10.5. The van der Waals surface area contributed by atoms with Crippen molar-refractivity contribution in [2.45, 2.75) is 46.5 Å². The first kappa shape index (κ1) is 14.9. The summed E-state index contributed by atoms with van der Waals surface area (Å²) in [6.07, 6.45) is 3.23. The monoisotopic (exact) mass is 229 g/mol. The number of carboxylic acids is 1. The fourth-order valence-corrected chi connectivity index (χ4v) is 1.62. The van der Waals surface area contributed by atoms with E-state index in [1.165, 1.54) is 0 Å². The summed E-state index contributed by atoms with van der Waals surface area (Å²) in [7, 11) is 0. The summed E-state index contributed by atoms with van der Waals surface area (Å²) < 4.78 is 0. The van der Waals surface area contributed by atoms with Crippen LogP contribution in [-0.2, 0) is 9.59 Å². The molecule has 0 saturated carbocycles. The third-order valence-corrected chi connectivity index (χ3v) is 2.68. The fourth-order valence-electron chi connectivity index (χ4n) is 1.62. The summed E-state index contributed by atoms with van der Waals surface area (Å²) in [4.78, 5) is 22.4. The lowest BCUT2D eigenvalue weighted by atomic mass is 10.0. The molecule has 2 N–H and O–H groups in total. The van der Waals surface area contributed by atoms with Crippen molar-refractivity contribution < 1.29 is 14.7 Å². The third-order valence-electron chi connectivity index (χ3n) is 2.68. The normalized spacial score (nSPS) is 14.2. The highest BCUT2D eigenvalue weighted by Crippen LogP contribution is 2.08. The quantitative estimate of drug-likeness (QED) is 0.669. The molecule has 1 amide bonds. The Morgan fingerprint density at radius 2 is 1.75 bits per heavy atom. The van der Waals surface area contributed by atoms with Crippen molar-refractivity contribution in [1.29, 1.82) is 0 Å². The van der Waals surface area contributed by atoms with Gasteiger partial charge in [0.05, 0.1) is 5.92 Å². The van der Waals surface area contributed by atoms with Crippen LogP contribution in [0.1, 0.15) is 46.5 Å². The van der Waals surface area contributed by atoms with Gasteiger partial charge in [0.1, 0.15) is 0 Å². The van der Waals surface area contributed by atoms with E-state index < -0.39 is 11.9 Å². The van der Waals surface area contributed by atoms with E-state index in [1.807, 2.05) is 20.8 Å². The van der Waals surface area contributed by atoms with Crippen LogP contribution in [0.5, 0.6) is 0 Å². The standard InChI is InChI=1S/C12H23NO3/c1-4-6-9(3)11(14)13-8-10(7-5-2)12(15)16/h9-10H,4-8H2,1-3H3,(H,13,14)(H,15,16). The van der Waals surface area contributed by atoms with Gasteiger partial charge in [-0.3, -0.25) is 9.59 Å².